The lowest BCUT2D eigenvalue weighted by Gasteiger charge is -2.20. The average Bonchev–Trinajstić information content (AvgIpc) is 3.23. The predicted molar refractivity (Wildman–Crippen MR) is 134 cm³/mol. The fraction of sp³-hybridized carbons (Fsp3) is 0.0769. The van der Waals surface area contributed by atoms with E-state index in [1.807, 2.05) is 6.07 Å². The fourth-order valence-electron chi connectivity index (χ4n) is 4.03. The van der Waals surface area contributed by atoms with E-state index in [0.717, 1.165) is 0 Å². The largest absolute Gasteiger partial charge is 0.381 e. The molecule has 0 unspecified atom stereocenters. The summed E-state index contributed by atoms with van der Waals surface area (Å²) >= 11 is 0. The second-order valence-electron chi connectivity index (χ2n) is 7.88. The summed E-state index contributed by atoms with van der Waals surface area (Å²) in [6.45, 7) is 1.72. The molecule has 0 saturated heterocycles. The number of hydrogen-bond acceptors (Lipinski definition) is 7. The van der Waals surface area contributed by atoms with Gasteiger partial charge in [0.25, 0.3) is 11.5 Å². The van der Waals surface area contributed by atoms with E-state index >= 15 is 0 Å². The van der Waals surface area contributed by atoms with Crippen LogP contribution in [0.15, 0.2) is 71.8 Å². The van der Waals surface area contributed by atoms with Crippen molar-refractivity contribution in [3.63, 3.8) is 0 Å². The quantitative estimate of drug-likeness (QED) is 0.298. The Balaban J connectivity index is 1.66. The Morgan fingerprint density at radius 3 is 2.72 bits per heavy atom. The van der Waals surface area contributed by atoms with E-state index in [1.54, 1.807) is 67.8 Å². The SMILES string of the molecule is C[C@H](NC(=O)c1c(N)nn2cccnc12)c1nc2cccc(C#CC=O)c2c(=O)n1-c1ccccc1. The van der Waals surface area contributed by atoms with Crippen LogP contribution in [0.3, 0.4) is 0 Å². The van der Waals surface area contributed by atoms with Crippen molar-refractivity contribution in [2.75, 3.05) is 5.73 Å². The van der Waals surface area contributed by atoms with Gasteiger partial charge in [0, 0.05) is 18.0 Å². The van der Waals surface area contributed by atoms with Crippen molar-refractivity contribution in [3.8, 4) is 17.5 Å². The lowest BCUT2D eigenvalue weighted by molar-refractivity contribution is -0.103. The number of para-hydroxylation sites is 1. The third kappa shape index (κ3) is 3.84. The summed E-state index contributed by atoms with van der Waals surface area (Å²) in [7, 11) is 0. The average molecular weight is 477 g/mol. The number of aldehydes is 1. The molecule has 5 rings (SSSR count). The van der Waals surface area contributed by atoms with Gasteiger partial charge in [-0.05, 0) is 43.2 Å². The first-order chi connectivity index (χ1) is 17.5. The van der Waals surface area contributed by atoms with Crippen LogP contribution in [0.2, 0.25) is 0 Å². The number of carbonyl (C=O) groups is 2. The smallest absolute Gasteiger partial charge is 0.267 e. The predicted octanol–water partition coefficient (Wildman–Crippen LogP) is 2.05. The normalized spacial score (nSPS) is 11.6. The number of nitrogen functional groups attached to an aromatic ring is 1. The lowest BCUT2D eigenvalue weighted by atomic mass is 10.1. The highest BCUT2D eigenvalue weighted by molar-refractivity contribution is 6.04. The van der Waals surface area contributed by atoms with Crippen molar-refractivity contribution in [3.05, 3.63) is 94.3 Å². The third-order valence-corrected chi connectivity index (χ3v) is 5.59. The van der Waals surface area contributed by atoms with Crippen LogP contribution < -0.4 is 16.6 Å². The highest BCUT2D eigenvalue weighted by Gasteiger charge is 2.24. The van der Waals surface area contributed by atoms with Crippen molar-refractivity contribution in [2.24, 2.45) is 0 Å². The number of carbonyl (C=O) groups excluding carboxylic acids is 2. The molecule has 0 aliphatic rings. The van der Waals surface area contributed by atoms with Crippen LogP contribution in [0, 0.1) is 11.8 Å². The van der Waals surface area contributed by atoms with E-state index in [2.05, 4.69) is 27.2 Å². The molecular weight excluding hydrogens is 458 g/mol. The van der Waals surface area contributed by atoms with Crippen LogP contribution in [-0.2, 0) is 4.79 Å². The van der Waals surface area contributed by atoms with Crippen molar-refractivity contribution in [2.45, 2.75) is 13.0 Å². The molecule has 0 saturated carbocycles. The summed E-state index contributed by atoms with van der Waals surface area (Å²) in [5.41, 5.74) is 7.39. The second kappa shape index (κ2) is 9.15. The molecular formula is C26H19N7O3. The molecule has 5 aromatic rings. The molecule has 3 N–H and O–H groups in total. The zero-order valence-corrected chi connectivity index (χ0v) is 19.0. The minimum absolute atomic E-state index is 0.0312. The van der Waals surface area contributed by atoms with E-state index in [1.165, 1.54) is 9.08 Å². The first-order valence-corrected chi connectivity index (χ1v) is 11.0. The van der Waals surface area contributed by atoms with Gasteiger partial charge in [0.2, 0.25) is 0 Å². The van der Waals surface area contributed by atoms with Gasteiger partial charge in [0.1, 0.15) is 11.4 Å². The molecule has 0 bridgehead atoms. The molecule has 36 heavy (non-hydrogen) atoms. The summed E-state index contributed by atoms with van der Waals surface area (Å²) in [5.74, 6) is 4.89. The zero-order chi connectivity index (χ0) is 25.2. The molecule has 2 aromatic carbocycles. The Hall–Kier alpha value is -5.30. The van der Waals surface area contributed by atoms with E-state index in [9.17, 15) is 14.4 Å². The Bertz CT molecular complexity index is 1760. The maximum atomic E-state index is 13.8. The minimum Gasteiger partial charge on any atom is -0.381 e. The first-order valence-electron chi connectivity index (χ1n) is 11.0. The maximum absolute atomic E-state index is 13.8. The number of nitrogens with zero attached hydrogens (tertiary/aromatic N) is 5. The molecule has 1 amide bonds. The van der Waals surface area contributed by atoms with E-state index in [0.29, 0.717) is 34.5 Å². The molecule has 3 aromatic heterocycles. The van der Waals surface area contributed by atoms with Crippen molar-refractivity contribution in [1.82, 2.24) is 29.5 Å². The summed E-state index contributed by atoms with van der Waals surface area (Å²) in [5, 5.41) is 7.28. The topological polar surface area (TPSA) is 137 Å². The van der Waals surface area contributed by atoms with Crippen LogP contribution in [0.4, 0.5) is 5.82 Å². The Kier molecular flexibility index (Phi) is 5.72. The standard InChI is InChI=1S/C26H19N7O3/c1-16(29-25(35)21-22(27)31-32-14-7-13-28-24(21)32)23-30-19-12-5-8-17(9-6-15-34)20(19)26(36)33(23)18-10-3-2-4-11-18/h2-5,7-8,10-16H,1H3,(H2,27,31)(H,29,35)/t16-/m0/s1. The van der Waals surface area contributed by atoms with Crippen LogP contribution in [-0.4, -0.2) is 36.3 Å². The van der Waals surface area contributed by atoms with Gasteiger partial charge in [0.15, 0.2) is 17.8 Å². The van der Waals surface area contributed by atoms with Crippen LogP contribution >= 0.6 is 0 Å². The maximum Gasteiger partial charge on any atom is 0.267 e. The number of rotatable bonds is 4. The molecule has 3 heterocycles. The van der Waals surface area contributed by atoms with Crippen LogP contribution in [0.5, 0.6) is 0 Å². The molecule has 0 radical (unpaired) electrons. The summed E-state index contributed by atoms with van der Waals surface area (Å²) in [4.78, 5) is 46.8. The molecule has 176 valence electrons. The zero-order valence-electron chi connectivity index (χ0n) is 19.0. The molecule has 0 aliphatic heterocycles. The summed E-state index contributed by atoms with van der Waals surface area (Å²) in [6.07, 6.45) is 3.65. The number of fused-ring (bicyclic) bond motifs is 2. The van der Waals surface area contributed by atoms with Crippen LogP contribution in [0.1, 0.15) is 34.7 Å². The second-order valence-corrected chi connectivity index (χ2v) is 7.88. The third-order valence-electron chi connectivity index (χ3n) is 5.59. The Morgan fingerprint density at radius 1 is 1.14 bits per heavy atom. The number of amides is 1. The highest BCUT2D eigenvalue weighted by Crippen LogP contribution is 2.22. The Labute approximate surface area is 204 Å². The number of benzene rings is 2. The van der Waals surface area contributed by atoms with Gasteiger partial charge in [-0.15, -0.1) is 5.10 Å². The van der Waals surface area contributed by atoms with E-state index < -0.39 is 11.9 Å². The molecule has 1 atom stereocenters. The number of nitrogens with two attached hydrogens (primary N) is 1. The number of anilines is 1. The highest BCUT2D eigenvalue weighted by atomic mass is 16.2. The van der Waals surface area contributed by atoms with Crippen LogP contribution in [0.25, 0.3) is 22.2 Å². The summed E-state index contributed by atoms with van der Waals surface area (Å²) in [6, 6.07) is 15.0. The molecule has 0 aliphatic carbocycles. The molecule has 10 nitrogen and oxygen atoms in total. The molecule has 0 fully saturated rings. The molecule has 10 heteroatoms. The van der Waals surface area contributed by atoms with Gasteiger partial charge in [-0.2, -0.15) is 0 Å². The lowest BCUT2D eigenvalue weighted by Crippen LogP contribution is -2.33. The first kappa shape index (κ1) is 22.5. The van der Waals surface area contributed by atoms with E-state index in [4.69, 9.17) is 10.7 Å². The number of hydrogen-bond donors (Lipinski definition) is 2. The monoisotopic (exact) mass is 477 g/mol. The van der Waals surface area contributed by atoms with Gasteiger partial charge in [-0.1, -0.05) is 30.2 Å². The van der Waals surface area contributed by atoms with Crippen molar-refractivity contribution >= 4 is 34.6 Å². The van der Waals surface area contributed by atoms with Gasteiger partial charge < -0.3 is 11.1 Å². The number of nitrogens with one attached hydrogen (secondary N) is 1. The molecule has 0 spiro atoms. The summed E-state index contributed by atoms with van der Waals surface area (Å²) < 4.78 is 2.85. The van der Waals surface area contributed by atoms with Crippen molar-refractivity contribution < 1.29 is 9.59 Å². The van der Waals surface area contributed by atoms with Gasteiger partial charge in [-0.3, -0.25) is 19.0 Å². The van der Waals surface area contributed by atoms with Gasteiger partial charge >= 0.3 is 0 Å². The fourth-order valence-corrected chi connectivity index (χ4v) is 4.03. The minimum atomic E-state index is -0.711. The van der Waals surface area contributed by atoms with Crippen molar-refractivity contribution in [1.29, 1.82) is 0 Å². The Morgan fingerprint density at radius 2 is 1.94 bits per heavy atom. The van der Waals surface area contributed by atoms with Gasteiger partial charge in [-0.25, -0.2) is 14.5 Å². The van der Waals surface area contributed by atoms with Gasteiger partial charge in [0.05, 0.1) is 22.6 Å². The van der Waals surface area contributed by atoms with E-state index in [-0.39, 0.29) is 22.3 Å². The number of aromatic nitrogens is 5.